The molecule has 0 saturated heterocycles. The van der Waals surface area contributed by atoms with Gasteiger partial charge in [-0.05, 0) is 23.0 Å². The van der Waals surface area contributed by atoms with Crippen molar-refractivity contribution in [2.75, 3.05) is 0 Å². The summed E-state index contributed by atoms with van der Waals surface area (Å²) in [6.45, 7) is 5.74. The molecule has 0 aliphatic heterocycles. The number of hydrogen-bond donors (Lipinski definition) is 0. The van der Waals surface area contributed by atoms with Crippen LogP contribution >= 0.6 is 0 Å². The molecule has 0 unspecified atom stereocenters. The van der Waals surface area contributed by atoms with Crippen molar-refractivity contribution < 1.29 is 4.98 Å². The molecule has 0 atom stereocenters. The summed E-state index contributed by atoms with van der Waals surface area (Å²) in [6.07, 6.45) is 4.44. The molecule has 0 amide bonds. The van der Waals surface area contributed by atoms with E-state index >= 15 is 0 Å². The minimum atomic E-state index is 1.05. The Morgan fingerprint density at radius 2 is 2.56 bits per heavy atom. The summed E-state index contributed by atoms with van der Waals surface area (Å²) in [5.74, 6) is 0. The number of nitrogens with zero attached hydrogens (tertiary/aromatic N) is 1. The molecular weight excluding hydrogens is 110 g/mol. The molecule has 1 rings (SSSR count). The van der Waals surface area contributed by atoms with Gasteiger partial charge in [0.2, 0.25) is 0 Å². The van der Waals surface area contributed by atoms with Crippen LogP contribution in [0.5, 0.6) is 0 Å². The van der Waals surface area contributed by atoms with Gasteiger partial charge >= 0.3 is 12.4 Å². The van der Waals surface area contributed by atoms with E-state index in [4.69, 9.17) is 0 Å². The molecule has 1 heterocycles. The fraction of sp³-hybridized carbons (Fsp3) is 0.125. The molecule has 0 N–H and O–H groups in total. The number of rotatable bonds is 1. The maximum Gasteiger partial charge on any atom is 0.312 e. The van der Waals surface area contributed by atoms with Gasteiger partial charge in [0.1, 0.15) is 0 Å². The van der Waals surface area contributed by atoms with Crippen molar-refractivity contribution in [3.63, 3.8) is 0 Å². The van der Waals surface area contributed by atoms with Crippen molar-refractivity contribution in [3.05, 3.63) is 36.7 Å². The Morgan fingerprint density at radius 3 is 2.89 bits per heavy atom. The molecule has 0 aromatic carbocycles. The van der Waals surface area contributed by atoms with E-state index in [0.29, 0.717) is 0 Å². The first kappa shape index (κ1) is 5.84. The van der Waals surface area contributed by atoms with Gasteiger partial charge in [-0.25, -0.2) is 0 Å². The van der Waals surface area contributed by atoms with Gasteiger partial charge in [-0.15, -0.1) is 0 Å². The van der Waals surface area contributed by atoms with E-state index in [-0.39, 0.29) is 0 Å². The number of hydrogen-bond acceptors (Lipinski definition) is 0. The molecule has 1 aromatic rings. The third-order valence-electron chi connectivity index (χ3n) is 1.12. The van der Waals surface area contributed by atoms with Crippen molar-refractivity contribution in [1.29, 1.82) is 0 Å². The van der Waals surface area contributed by atoms with Crippen LogP contribution in [-0.2, 0) is 0 Å². The van der Waals surface area contributed by atoms with E-state index in [1.165, 1.54) is 0 Å². The van der Waals surface area contributed by atoms with E-state index in [1.807, 2.05) is 19.1 Å². The minimum Gasteiger partial charge on any atom is -0.0955 e. The molecule has 0 saturated carbocycles. The average molecular weight is 118 g/mol. The first-order chi connectivity index (χ1) is 4.30. The molecule has 9 heavy (non-hydrogen) atoms. The van der Waals surface area contributed by atoms with E-state index in [2.05, 4.69) is 17.8 Å². The summed E-state index contributed by atoms with van der Waals surface area (Å²) in [4.78, 5) is 3.76. The predicted octanol–water partition coefficient (Wildman–Crippen LogP) is 1.12. The van der Waals surface area contributed by atoms with Crippen LogP contribution in [-0.4, -0.2) is 0 Å². The highest BCUT2D eigenvalue weighted by molar-refractivity contribution is 5.59. The lowest BCUT2D eigenvalue weighted by Crippen LogP contribution is -1.87. The summed E-state index contributed by atoms with van der Waals surface area (Å²) in [7, 11) is 0. The van der Waals surface area contributed by atoms with Crippen LogP contribution in [0.25, 0.3) is 5.57 Å². The van der Waals surface area contributed by atoms with E-state index in [9.17, 15) is 0 Å². The normalized spacial score (nSPS) is 8.11. The van der Waals surface area contributed by atoms with Gasteiger partial charge in [-0.1, -0.05) is 6.58 Å². The predicted molar refractivity (Wildman–Crippen MR) is 35.6 cm³/mol. The minimum absolute atomic E-state index is 1.05. The van der Waals surface area contributed by atoms with Gasteiger partial charge in [0.25, 0.3) is 0 Å². The lowest BCUT2D eigenvalue weighted by atomic mass is 10.1. The zero-order valence-corrected chi connectivity index (χ0v) is 5.39. The summed E-state index contributed by atoms with van der Waals surface area (Å²) < 4.78 is 0. The van der Waals surface area contributed by atoms with Gasteiger partial charge in [-0.2, -0.15) is 0 Å². The molecule has 0 aliphatic carbocycles. The van der Waals surface area contributed by atoms with Crippen LogP contribution in [0.15, 0.2) is 24.9 Å². The highest BCUT2D eigenvalue weighted by Gasteiger charge is 1.91. The third-order valence-corrected chi connectivity index (χ3v) is 1.12. The monoisotopic (exact) mass is 118 g/mol. The number of allylic oxidation sites excluding steroid dienone is 1. The molecule has 1 nitrogen and oxygen atoms in total. The Hall–Kier alpha value is -1.29. The second-order valence-corrected chi connectivity index (χ2v) is 1.95. The first-order valence-corrected chi connectivity index (χ1v) is 2.78. The van der Waals surface area contributed by atoms with Gasteiger partial charge in [0.15, 0.2) is 0 Å². The van der Waals surface area contributed by atoms with Crippen LogP contribution in [0, 0.1) is 6.20 Å². The second-order valence-electron chi connectivity index (χ2n) is 1.95. The summed E-state index contributed by atoms with van der Waals surface area (Å²) in [5, 5.41) is 0. The highest BCUT2D eigenvalue weighted by atomic mass is 14.5. The van der Waals surface area contributed by atoms with Gasteiger partial charge in [0.05, 0.1) is 6.07 Å². The van der Waals surface area contributed by atoms with Gasteiger partial charge in [0, 0.05) is 6.07 Å². The fourth-order valence-corrected chi connectivity index (χ4v) is 0.581. The molecule has 1 heteroatoms. The van der Waals surface area contributed by atoms with Crippen molar-refractivity contribution in [2.24, 2.45) is 0 Å². The quantitative estimate of drug-likeness (QED) is 0.539. The number of aromatic nitrogens is 1. The highest BCUT2D eigenvalue weighted by Crippen LogP contribution is 2.05. The Bertz CT molecular complexity index is 201. The summed E-state index contributed by atoms with van der Waals surface area (Å²) in [6, 6.07) is 3.74. The topological polar surface area (TPSA) is 14.1 Å². The lowest BCUT2D eigenvalue weighted by Gasteiger charge is -1.87. The maximum absolute atomic E-state index is 3.78. The molecular formula is C8H8N+. The fourth-order valence-electron chi connectivity index (χ4n) is 0.581. The zero-order valence-electron chi connectivity index (χ0n) is 5.39. The summed E-state index contributed by atoms with van der Waals surface area (Å²) >= 11 is 0. The molecule has 0 spiro atoms. The van der Waals surface area contributed by atoms with Crippen LogP contribution < -0.4 is 4.98 Å². The van der Waals surface area contributed by atoms with Gasteiger partial charge in [-0.3, -0.25) is 0 Å². The van der Waals surface area contributed by atoms with Crippen molar-refractivity contribution in [1.82, 2.24) is 0 Å². The van der Waals surface area contributed by atoms with Crippen LogP contribution in [0.4, 0.5) is 0 Å². The lowest BCUT2D eigenvalue weighted by molar-refractivity contribution is -0.294. The Balaban J connectivity index is 2.98. The molecule has 0 fully saturated rings. The van der Waals surface area contributed by atoms with Gasteiger partial charge < -0.3 is 0 Å². The summed E-state index contributed by atoms with van der Waals surface area (Å²) in [5.41, 5.74) is 2.15. The maximum atomic E-state index is 3.78. The van der Waals surface area contributed by atoms with Crippen molar-refractivity contribution in [2.45, 2.75) is 6.92 Å². The average Bonchev–Trinajstić information content (AvgIpc) is 1.90. The third kappa shape index (κ3) is 1.30. The van der Waals surface area contributed by atoms with Crippen LogP contribution in [0.3, 0.4) is 0 Å². The molecule has 0 radical (unpaired) electrons. The Kier molecular flexibility index (Phi) is 1.51. The van der Waals surface area contributed by atoms with Crippen molar-refractivity contribution in [3.8, 4) is 0 Å². The molecule has 44 valence electrons. The van der Waals surface area contributed by atoms with E-state index in [0.717, 1.165) is 11.1 Å². The Labute approximate surface area is 55.1 Å². The molecule has 0 aliphatic rings. The van der Waals surface area contributed by atoms with E-state index < -0.39 is 0 Å². The largest absolute Gasteiger partial charge is 0.312 e. The second kappa shape index (κ2) is 2.32. The van der Waals surface area contributed by atoms with Crippen LogP contribution in [0.2, 0.25) is 0 Å². The first-order valence-electron chi connectivity index (χ1n) is 2.78. The van der Waals surface area contributed by atoms with Crippen LogP contribution in [0.1, 0.15) is 12.5 Å². The smallest absolute Gasteiger partial charge is 0.0955 e. The van der Waals surface area contributed by atoms with E-state index in [1.54, 1.807) is 6.20 Å². The Morgan fingerprint density at radius 1 is 1.78 bits per heavy atom. The standard InChI is InChI=1S/C8H8N/c1-7(2)8-3-5-9-6-4-8/h3-5H,1H2,2H3/q+1. The SMILES string of the molecule is C=C(C)c1cc#[n+]cc1. The zero-order chi connectivity index (χ0) is 6.69. The van der Waals surface area contributed by atoms with Crippen molar-refractivity contribution >= 4 is 5.57 Å². The molecule has 1 aromatic heterocycles. The molecule has 0 bridgehead atoms.